The van der Waals surface area contributed by atoms with Gasteiger partial charge < -0.3 is 9.47 Å². The molecule has 0 saturated heterocycles. The van der Waals surface area contributed by atoms with E-state index >= 15 is 0 Å². The van der Waals surface area contributed by atoms with Crippen molar-refractivity contribution < 1.29 is 9.47 Å². The summed E-state index contributed by atoms with van der Waals surface area (Å²) in [6.45, 7) is 17.5. The first kappa shape index (κ1) is 34.6. The van der Waals surface area contributed by atoms with Gasteiger partial charge >= 0.3 is 0 Å². The van der Waals surface area contributed by atoms with Crippen molar-refractivity contribution >= 4 is 0 Å². The zero-order chi connectivity index (χ0) is 28.1. The Kier molecular flexibility index (Phi) is 19.6. The van der Waals surface area contributed by atoms with Crippen LogP contribution >= 0.6 is 0 Å². The minimum atomic E-state index is -0.251. The molecule has 0 spiro atoms. The van der Waals surface area contributed by atoms with E-state index in [-0.39, 0.29) is 11.7 Å². The minimum absolute atomic E-state index is 0.251. The summed E-state index contributed by atoms with van der Waals surface area (Å²) in [7, 11) is 0. The standard InChI is InChI=1S/C36H62O2/c1-8-10-12-14-16-18-28-37-35(38-29-19-17-15-13-11-9-2)30-32(4)23-20-22-31(3)25-26-34-33(5)24-21-27-36(34,6)7/h20,22-23,25-26,30,35H,8-19,21,24,27-29H2,1-7H3/b23-20+,26-25+,31-22-,32-30-. The van der Waals surface area contributed by atoms with Crippen LogP contribution in [0, 0.1) is 5.41 Å². The molecule has 0 unspecified atom stereocenters. The van der Waals surface area contributed by atoms with Gasteiger partial charge in [-0.25, -0.2) is 0 Å². The maximum absolute atomic E-state index is 6.16. The molecular weight excluding hydrogens is 464 g/mol. The van der Waals surface area contributed by atoms with Gasteiger partial charge in [0, 0.05) is 0 Å². The lowest BCUT2D eigenvalue weighted by Gasteiger charge is -2.32. The van der Waals surface area contributed by atoms with Gasteiger partial charge in [-0.05, 0) is 69.9 Å². The number of ether oxygens (including phenoxy) is 2. The minimum Gasteiger partial charge on any atom is -0.349 e. The van der Waals surface area contributed by atoms with E-state index in [4.69, 9.17) is 9.47 Å². The number of hydrogen-bond acceptors (Lipinski definition) is 2. The molecule has 0 radical (unpaired) electrons. The molecular formula is C36H62O2. The first-order valence-corrected chi connectivity index (χ1v) is 15.9. The van der Waals surface area contributed by atoms with Crippen molar-refractivity contribution in [3.63, 3.8) is 0 Å². The number of rotatable bonds is 21. The van der Waals surface area contributed by atoms with Crippen LogP contribution in [0.2, 0.25) is 0 Å². The Labute approximate surface area is 237 Å². The SMILES string of the molecule is CCCCCCCCOC(\C=C(C)/C=C/C=C(C)\C=C\C1=C(C)CCCC1(C)C)OCCCCCCCC. The van der Waals surface area contributed by atoms with Gasteiger partial charge in [0.05, 0.1) is 13.2 Å². The zero-order valence-electron chi connectivity index (χ0n) is 26.4. The second-order valence-electron chi connectivity index (χ2n) is 12.1. The van der Waals surface area contributed by atoms with E-state index in [9.17, 15) is 0 Å². The Morgan fingerprint density at radius 1 is 0.789 bits per heavy atom. The fourth-order valence-corrected chi connectivity index (χ4v) is 5.21. The second kappa shape index (κ2) is 21.4. The Morgan fingerprint density at radius 2 is 1.34 bits per heavy atom. The Hall–Kier alpha value is -1.38. The third-order valence-corrected chi connectivity index (χ3v) is 7.73. The molecule has 1 rings (SSSR count). The third kappa shape index (κ3) is 16.6. The van der Waals surface area contributed by atoms with Crippen molar-refractivity contribution in [2.75, 3.05) is 13.2 Å². The normalized spacial score (nSPS) is 17.1. The van der Waals surface area contributed by atoms with Crippen molar-refractivity contribution in [3.8, 4) is 0 Å². The molecule has 2 heteroatoms. The van der Waals surface area contributed by atoms with Gasteiger partial charge in [0.2, 0.25) is 0 Å². The summed E-state index contributed by atoms with van der Waals surface area (Å²) in [5.41, 5.74) is 5.80. The van der Waals surface area contributed by atoms with Crippen molar-refractivity contribution in [1.29, 1.82) is 0 Å². The van der Waals surface area contributed by atoms with Gasteiger partial charge in [-0.15, -0.1) is 0 Å². The molecule has 0 fully saturated rings. The van der Waals surface area contributed by atoms with Crippen LogP contribution in [0.4, 0.5) is 0 Å². The molecule has 38 heavy (non-hydrogen) atoms. The topological polar surface area (TPSA) is 18.5 Å². The molecule has 218 valence electrons. The summed E-state index contributed by atoms with van der Waals surface area (Å²) in [5.74, 6) is 0. The third-order valence-electron chi connectivity index (χ3n) is 7.73. The van der Waals surface area contributed by atoms with E-state index in [0.29, 0.717) is 0 Å². The molecule has 0 heterocycles. The molecule has 1 aliphatic rings. The van der Waals surface area contributed by atoms with Gasteiger partial charge in [-0.3, -0.25) is 0 Å². The largest absolute Gasteiger partial charge is 0.349 e. The lowest BCUT2D eigenvalue weighted by atomic mass is 9.72. The predicted molar refractivity (Wildman–Crippen MR) is 169 cm³/mol. The highest BCUT2D eigenvalue weighted by atomic mass is 16.7. The molecule has 0 aromatic heterocycles. The van der Waals surface area contributed by atoms with E-state index < -0.39 is 0 Å². The quantitative estimate of drug-likeness (QED) is 0.0841. The highest BCUT2D eigenvalue weighted by Crippen LogP contribution is 2.40. The van der Waals surface area contributed by atoms with Gasteiger partial charge in [0.1, 0.15) is 0 Å². The van der Waals surface area contributed by atoms with E-state index in [2.05, 4.69) is 84.9 Å². The Bertz CT molecular complexity index is 744. The summed E-state index contributed by atoms with van der Waals surface area (Å²) in [6, 6.07) is 0. The molecule has 0 aliphatic heterocycles. The first-order valence-electron chi connectivity index (χ1n) is 15.9. The van der Waals surface area contributed by atoms with Gasteiger partial charge in [-0.1, -0.05) is 139 Å². The fraction of sp³-hybridized carbons (Fsp3) is 0.722. The first-order chi connectivity index (χ1) is 18.3. The van der Waals surface area contributed by atoms with Crippen LogP contribution in [0.25, 0.3) is 0 Å². The summed E-state index contributed by atoms with van der Waals surface area (Å²) >= 11 is 0. The van der Waals surface area contributed by atoms with Crippen LogP contribution < -0.4 is 0 Å². The molecule has 0 amide bonds. The molecule has 0 aromatic rings. The maximum Gasteiger partial charge on any atom is 0.177 e. The highest BCUT2D eigenvalue weighted by molar-refractivity contribution is 5.37. The Balaban J connectivity index is 2.63. The number of allylic oxidation sites excluding steroid dienone is 9. The summed E-state index contributed by atoms with van der Waals surface area (Å²) < 4.78 is 12.3. The van der Waals surface area contributed by atoms with Crippen LogP contribution in [-0.4, -0.2) is 19.5 Å². The van der Waals surface area contributed by atoms with Crippen LogP contribution in [0.1, 0.15) is 145 Å². The molecule has 0 aromatic carbocycles. The average molecular weight is 527 g/mol. The zero-order valence-corrected chi connectivity index (χ0v) is 26.4. The van der Waals surface area contributed by atoms with Crippen LogP contribution in [0.5, 0.6) is 0 Å². The second-order valence-corrected chi connectivity index (χ2v) is 12.1. The summed E-state index contributed by atoms with van der Waals surface area (Å²) in [6.07, 6.45) is 32.2. The molecule has 0 N–H and O–H groups in total. The van der Waals surface area contributed by atoms with Crippen molar-refractivity contribution in [2.24, 2.45) is 5.41 Å². The number of unbranched alkanes of at least 4 members (excludes halogenated alkanes) is 10. The highest BCUT2D eigenvalue weighted by Gasteiger charge is 2.26. The monoisotopic (exact) mass is 526 g/mol. The van der Waals surface area contributed by atoms with Crippen LogP contribution in [0.3, 0.4) is 0 Å². The van der Waals surface area contributed by atoms with Gasteiger partial charge in [-0.2, -0.15) is 0 Å². The van der Waals surface area contributed by atoms with Gasteiger partial charge in [0.15, 0.2) is 6.29 Å². The molecule has 0 saturated carbocycles. The fourth-order valence-electron chi connectivity index (χ4n) is 5.21. The maximum atomic E-state index is 6.16. The van der Waals surface area contributed by atoms with E-state index in [1.54, 1.807) is 5.57 Å². The Morgan fingerprint density at radius 3 is 1.89 bits per heavy atom. The van der Waals surface area contributed by atoms with E-state index in [1.807, 2.05) is 0 Å². The average Bonchev–Trinajstić information content (AvgIpc) is 2.86. The van der Waals surface area contributed by atoms with E-state index in [0.717, 1.165) is 26.1 Å². The van der Waals surface area contributed by atoms with E-state index in [1.165, 1.54) is 100 Å². The lowest BCUT2D eigenvalue weighted by Crippen LogP contribution is -2.19. The van der Waals surface area contributed by atoms with Crippen molar-refractivity contribution in [1.82, 2.24) is 0 Å². The van der Waals surface area contributed by atoms with Crippen molar-refractivity contribution in [3.05, 3.63) is 58.7 Å². The molecule has 0 bridgehead atoms. The smallest absolute Gasteiger partial charge is 0.177 e. The number of hydrogen-bond donors (Lipinski definition) is 0. The van der Waals surface area contributed by atoms with Crippen molar-refractivity contribution in [2.45, 2.75) is 151 Å². The molecule has 1 aliphatic carbocycles. The summed E-state index contributed by atoms with van der Waals surface area (Å²) in [5, 5.41) is 0. The molecule has 2 nitrogen and oxygen atoms in total. The van der Waals surface area contributed by atoms with Gasteiger partial charge in [0.25, 0.3) is 0 Å². The molecule has 0 atom stereocenters. The predicted octanol–water partition coefficient (Wildman–Crippen LogP) is 11.6. The lowest BCUT2D eigenvalue weighted by molar-refractivity contribution is -0.113. The van der Waals surface area contributed by atoms with Crippen LogP contribution in [0.15, 0.2) is 58.7 Å². The summed E-state index contributed by atoms with van der Waals surface area (Å²) in [4.78, 5) is 0. The van der Waals surface area contributed by atoms with Crippen LogP contribution in [-0.2, 0) is 9.47 Å².